The first-order valence-corrected chi connectivity index (χ1v) is 3.77. The normalized spacial score (nSPS) is 8.67. The van der Waals surface area contributed by atoms with Crippen LogP contribution in [0.25, 0.3) is 6.08 Å². The van der Waals surface area contributed by atoms with Gasteiger partial charge in [-0.25, -0.2) is 0 Å². The summed E-state index contributed by atoms with van der Waals surface area (Å²) in [4.78, 5) is 0. The molecular weight excluding hydrogens is 144 g/mol. The topological polar surface area (TPSA) is 0 Å². The summed E-state index contributed by atoms with van der Waals surface area (Å²) < 4.78 is 0. The average molecular weight is 158 g/mol. The molecule has 0 bridgehead atoms. The lowest BCUT2D eigenvalue weighted by atomic mass is 10.2. The fourth-order valence-electron chi connectivity index (χ4n) is 0.743. The van der Waals surface area contributed by atoms with Gasteiger partial charge in [0.1, 0.15) is 0 Å². The van der Waals surface area contributed by atoms with Crippen molar-refractivity contribution in [2.75, 3.05) is 0 Å². The maximum Gasteiger partial charge on any atom is -0.0257 e. The zero-order chi connectivity index (χ0) is 9.23. The van der Waals surface area contributed by atoms with E-state index in [9.17, 15) is 0 Å². The first kappa shape index (κ1) is 10.4. The Balaban J connectivity index is 0.000000561. The molecule has 0 amide bonds. The van der Waals surface area contributed by atoms with E-state index < -0.39 is 0 Å². The van der Waals surface area contributed by atoms with Gasteiger partial charge in [-0.3, -0.25) is 0 Å². The summed E-state index contributed by atoms with van der Waals surface area (Å²) in [7, 11) is 0. The van der Waals surface area contributed by atoms with E-state index in [1.54, 1.807) is 6.08 Å². The fourth-order valence-corrected chi connectivity index (χ4v) is 0.743. The zero-order valence-electron chi connectivity index (χ0n) is 7.24. The molecule has 0 radical (unpaired) electrons. The molecule has 62 valence electrons. The highest BCUT2D eigenvalue weighted by Gasteiger charge is 1.78. The molecule has 1 rings (SSSR count). The van der Waals surface area contributed by atoms with Crippen molar-refractivity contribution >= 4 is 6.08 Å². The summed E-state index contributed by atoms with van der Waals surface area (Å²) in [6, 6.07) is 10.1. The van der Waals surface area contributed by atoms with E-state index in [0.29, 0.717) is 0 Å². The van der Waals surface area contributed by atoms with E-state index in [1.807, 2.05) is 30.4 Å². The van der Waals surface area contributed by atoms with Crippen molar-refractivity contribution in [3.05, 3.63) is 67.8 Å². The molecule has 0 N–H and O–H groups in total. The molecular formula is C12H14. The van der Waals surface area contributed by atoms with Crippen LogP contribution in [-0.2, 0) is 0 Å². The second-order valence-corrected chi connectivity index (χ2v) is 2.01. The van der Waals surface area contributed by atoms with Crippen LogP contribution in [0.3, 0.4) is 0 Å². The van der Waals surface area contributed by atoms with Gasteiger partial charge in [0.05, 0.1) is 0 Å². The SMILES string of the molecule is C=C.C=CC=Cc1ccccc1. The molecule has 0 aliphatic rings. The summed E-state index contributed by atoms with van der Waals surface area (Å²) in [5, 5.41) is 0. The van der Waals surface area contributed by atoms with Gasteiger partial charge < -0.3 is 0 Å². The zero-order valence-corrected chi connectivity index (χ0v) is 7.24. The van der Waals surface area contributed by atoms with Crippen molar-refractivity contribution in [1.82, 2.24) is 0 Å². The van der Waals surface area contributed by atoms with Gasteiger partial charge in [-0.05, 0) is 5.56 Å². The van der Waals surface area contributed by atoms with Crippen LogP contribution in [0.4, 0.5) is 0 Å². The van der Waals surface area contributed by atoms with Crippen LogP contribution in [0, 0.1) is 0 Å². The third-order valence-electron chi connectivity index (χ3n) is 1.22. The molecule has 0 heteroatoms. The van der Waals surface area contributed by atoms with E-state index >= 15 is 0 Å². The summed E-state index contributed by atoms with van der Waals surface area (Å²) in [6.45, 7) is 9.59. The van der Waals surface area contributed by atoms with Crippen LogP contribution >= 0.6 is 0 Å². The van der Waals surface area contributed by atoms with Crippen molar-refractivity contribution in [3.63, 3.8) is 0 Å². The average Bonchev–Trinajstić information content (AvgIpc) is 2.19. The van der Waals surface area contributed by atoms with Crippen LogP contribution in [-0.4, -0.2) is 0 Å². The maximum absolute atomic E-state index is 3.59. The van der Waals surface area contributed by atoms with Crippen molar-refractivity contribution < 1.29 is 0 Å². The number of hydrogen-bond donors (Lipinski definition) is 0. The first-order valence-electron chi connectivity index (χ1n) is 3.77. The van der Waals surface area contributed by atoms with E-state index in [1.165, 1.54) is 5.56 Å². The van der Waals surface area contributed by atoms with Crippen LogP contribution in [0.2, 0.25) is 0 Å². The Bertz CT molecular complexity index is 231. The molecule has 1 aromatic rings. The highest BCUT2D eigenvalue weighted by Crippen LogP contribution is 1.99. The Morgan fingerprint density at radius 3 is 2.08 bits per heavy atom. The van der Waals surface area contributed by atoms with E-state index in [-0.39, 0.29) is 0 Å². The van der Waals surface area contributed by atoms with Gasteiger partial charge in [0.15, 0.2) is 0 Å². The molecule has 0 saturated carbocycles. The number of allylic oxidation sites excluding steroid dienone is 2. The first-order chi connectivity index (χ1) is 5.93. The third-order valence-corrected chi connectivity index (χ3v) is 1.22. The van der Waals surface area contributed by atoms with Crippen molar-refractivity contribution in [1.29, 1.82) is 0 Å². The number of hydrogen-bond acceptors (Lipinski definition) is 0. The van der Waals surface area contributed by atoms with Crippen LogP contribution < -0.4 is 0 Å². The van der Waals surface area contributed by atoms with E-state index in [0.717, 1.165) is 0 Å². The molecule has 1 aromatic carbocycles. The lowest BCUT2D eigenvalue weighted by Gasteiger charge is -1.87. The quantitative estimate of drug-likeness (QED) is 0.455. The minimum atomic E-state index is 1.21. The summed E-state index contributed by atoms with van der Waals surface area (Å²) >= 11 is 0. The van der Waals surface area contributed by atoms with Crippen molar-refractivity contribution in [3.8, 4) is 0 Å². The molecule has 0 aliphatic carbocycles. The minimum absolute atomic E-state index is 1.21. The minimum Gasteiger partial charge on any atom is -0.106 e. The second-order valence-electron chi connectivity index (χ2n) is 2.01. The Hall–Kier alpha value is -1.56. The molecule has 0 saturated heterocycles. The van der Waals surface area contributed by atoms with Crippen molar-refractivity contribution in [2.24, 2.45) is 0 Å². The Morgan fingerprint density at radius 2 is 1.58 bits per heavy atom. The van der Waals surface area contributed by atoms with Gasteiger partial charge in [0.25, 0.3) is 0 Å². The summed E-state index contributed by atoms with van der Waals surface area (Å²) in [5.41, 5.74) is 1.21. The standard InChI is InChI=1S/C10H10.C2H4/c1-2-3-7-10-8-5-4-6-9-10;1-2/h2-9H,1H2;1-2H2. The summed E-state index contributed by atoms with van der Waals surface area (Å²) in [5.74, 6) is 0. The molecule has 0 fully saturated rings. The molecule has 0 unspecified atom stereocenters. The molecule has 0 atom stereocenters. The number of benzene rings is 1. The van der Waals surface area contributed by atoms with Gasteiger partial charge in [-0.2, -0.15) is 0 Å². The van der Waals surface area contributed by atoms with Crippen LogP contribution in [0.15, 0.2) is 62.2 Å². The van der Waals surface area contributed by atoms with Crippen LogP contribution in [0.5, 0.6) is 0 Å². The predicted molar refractivity (Wildman–Crippen MR) is 56.9 cm³/mol. The fraction of sp³-hybridized carbons (Fsp3) is 0. The molecule has 0 heterocycles. The molecule has 0 aromatic heterocycles. The van der Waals surface area contributed by atoms with Gasteiger partial charge in [0.2, 0.25) is 0 Å². The van der Waals surface area contributed by atoms with Gasteiger partial charge in [0, 0.05) is 0 Å². The van der Waals surface area contributed by atoms with E-state index in [4.69, 9.17) is 0 Å². The lowest BCUT2D eigenvalue weighted by Crippen LogP contribution is -1.65. The van der Waals surface area contributed by atoms with E-state index in [2.05, 4.69) is 31.9 Å². The highest BCUT2D eigenvalue weighted by molar-refractivity contribution is 5.50. The van der Waals surface area contributed by atoms with Gasteiger partial charge in [-0.15, -0.1) is 13.2 Å². The molecule has 0 aliphatic heterocycles. The number of rotatable bonds is 2. The predicted octanol–water partition coefficient (Wildman–Crippen LogP) is 3.69. The maximum atomic E-state index is 3.59. The smallest absolute Gasteiger partial charge is 0.0257 e. The van der Waals surface area contributed by atoms with Gasteiger partial charge >= 0.3 is 0 Å². The second kappa shape index (κ2) is 7.55. The molecule has 0 spiro atoms. The van der Waals surface area contributed by atoms with Gasteiger partial charge in [-0.1, -0.05) is 55.1 Å². The third kappa shape index (κ3) is 4.29. The Labute approximate surface area is 74.6 Å². The summed E-state index contributed by atoms with van der Waals surface area (Å²) in [6.07, 6.45) is 5.72. The Kier molecular flexibility index (Phi) is 6.56. The molecule has 12 heavy (non-hydrogen) atoms. The van der Waals surface area contributed by atoms with Crippen molar-refractivity contribution in [2.45, 2.75) is 0 Å². The lowest BCUT2D eigenvalue weighted by molar-refractivity contribution is 1.66. The monoisotopic (exact) mass is 158 g/mol. The Morgan fingerprint density at radius 1 is 1.00 bits per heavy atom. The highest BCUT2D eigenvalue weighted by atomic mass is 13.8. The van der Waals surface area contributed by atoms with Crippen LogP contribution in [0.1, 0.15) is 5.56 Å². The largest absolute Gasteiger partial charge is 0.106 e. The molecule has 0 nitrogen and oxygen atoms in total.